The van der Waals surface area contributed by atoms with Crippen LogP contribution in [0.4, 0.5) is 0 Å². The van der Waals surface area contributed by atoms with Gasteiger partial charge in [0.15, 0.2) is 0 Å². The molecule has 8 heteroatoms. The number of nitrogens with two attached hydrogens (primary N) is 1. The number of likely N-dealkylation sites (tertiary alicyclic amines) is 1. The molecule has 0 radical (unpaired) electrons. The van der Waals surface area contributed by atoms with Crippen molar-refractivity contribution in [1.29, 1.82) is 0 Å². The second-order valence-electron chi connectivity index (χ2n) is 6.44. The van der Waals surface area contributed by atoms with Crippen molar-refractivity contribution < 1.29 is 13.2 Å². The maximum atomic E-state index is 12.4. The molecule has 0 aliphatic carbocycles. The normalized spacial score (nSPS) is 19.5. The zero-order valence-electron chi connectivity index (χ0n) is 14.8. The van der Waals surface area contributed by atoms with Gasteiger partial charge in [0, 0.05) is 38.0 Å². The monoisotopic (exact) mass is 409 g/mol. The van der Waals surface area contributed by atoms with E-state index in [1.54, 1.807) is 23.1 Å². The number of carbonyl (C=O) groups excluding carboxylic acids is 1. The van der Waals surface area contributed by atoms with Gasteiger partial charge in [-0.25, -0.2) is 13.1 Å². The topological polar surface area (TPSA) is 92.5 Å². The van der Waals surface area contributed by atoms with Crippen molar-refractivity contribution in [2.24, 2.45) is 5.73 Å². The smallest absolute Gasteiger partial charge is 0.240 e. The zero-order valence-corrected chi connectivity index (χ0v) is 16.5. The Bertz CT molecular complexity index is 847. The molecule has 2 atom stereocenters. The van der Waals surface area contributed by atoms with Crippen molar-refractivity contribution in [3.05, 3.63) is 66.2 Å². The Morgan fingerprint density at radius 2 is 1.63 bits per heavy atom. The number of nitrogens with one attached hydrogen (secondary N) is 1. The molecule has 6 nitrogen and oxygen atoms in total. The molecule has 0 saturated carbocycles. The third-order valence-corrected chi connectivity index (χ3v) is 6.11. The van der Waals surface area contributed by atoms with E-state index in [1.807, 2.05) is 30.3 Å². The number of hydrogen-bond acceptors (Lipinski definition) is 4. The Balaban J connectivity index is 0.00000261. The molecule has 2 aromatic carbocycles. The number of sulfonamides is 1. The zero-order chi connectivity index (χ0) is 18.6. The molecule has 27 heavy (non-hydrogen) atoms. The first kappa shape index (κ1) is 21.4. The fourth-order valence-corrected chi connectivity index (χ4v) is 4.27. The Labute approximate surface area is 166 Å². The van der Waals surface area contributed by atoms with Gasteiger partial charge >= 0.3 is 0 Å². The van der Waals surface area contributed by atoms with E-state index in [0.717, 1.165) is 5.56 Å². The lowest BCUT2D eigenvalue weighted by atomic mass is 9.95. The number of hydrogen-bond donors (Lipinski definition) is 2. The summed E-state index contributed by atoms with van der Waals surface area (Å²) in [4.78, 5) is 14.3. The van der Waals surface area contributed by atoms with Crippen LogP contribution in [0.25, 0.3) is 0 Å². The summed E-state index contributed by atoms with van der Waals surface area (Å²) in [6.07, 6.45) is 0.111. The van der Waals surface area contributed by atoms with Gasteiger partial charge in [0.25, 0.3) is 0 Å². The van der Waals surface area contributed by atoms with Crippen molar-refractivity contribution in [1.82, 2.24) is 9.62 Å². The van der Waals surface area contributed by atoms with E-state index in [-0.39, 0.29) is 48.1 Å². The van der Waals surface area contributed by atoms with Crippen LogP contribution in [0.3, 0.4) is 0 Å². The molecule has 0 bridgehead atoms. The highest BCUT2D eigenvalue weighted by Crippen LogP contribution is 2.26. The first-order chi connectivity index (χ1) is 12.5. The van der Waals surface area contributed by atoms with Gasteiger partial charge in [0.2, 0.25) is 15.9 Å². The molecule has 0 aromatic heterocycles. The van der Waals surface area contributed by atoms with E-state index < -0.39 is 10.0 Å². The minimum absolute atomic E-state index is 0. The molecule has 1 aliphatic rings. The van der Waals surface area contributed by atoms with E-state index in [1.165, 1.54) is 12.1 Å². The molecule has 1 heterocycles. The van der Waals surface area contributed by atoms with Crippen molar-refractivity contribution in [2.45, 2.75) is 23.3 Å². The summed E-state index contributed by atoms with van der Waals surface area (Å²) in [7, 11) is -3.59. The summed E-state index contributed by atoms with van der Waals surface area (Å²) in [6, 6.07) is 17.9. The van der Waals surface area contributed by atoms with Crippen molar-refractivity contribution >= 4 is 28.3 Å². The van der Waals surface area contributed by atoms with Crippen LogP contribution in [-0.2, 0) is 14.8 Å². The van der Waals surface area contributed by atoms with E-state index in [2.05, 4.69) is 4.72 Å². The van der Waals surface area contributed by atoms with Crippen LogP contribution < -0.4 is 10.5 Å². The second-order valence-corrected chi connectivity index (χ2v) is 8.21. The molecular weight excluding hydrogens is 386 g/mol. The summed E-state index contributed by atoms with van der Waals surface area (Å²) < 4.78 is 26.8. The molecule has 3 rings (SSSR count). The highest BCUT2D eigenvalue weighted by Gasteiger charge is 2.33. The van der Waals surface area contributed by atoms with Crippen molar-refractivity contribution in [3.63, 3.8) is 0 Å². The van der Waals surface area contributed by atoms with Gasteiger partial charge in [-0.3, -0.25) is 4.79 Å². The van der Waals surface area contributed by atoms with Gasteiger partial charge in [0.05, 0.1) is 4.90 Å². The van der Waals surface area contributed by atoms with Crippen molar-refractivity contribution in [2.75, 3.05) is 19.6 Å². The number of rotatable bonds is 6. The molecule has 0 spiro atoms. The van der Waals surface area contributed by atoms with Gasteiger partial charge < -0.3 is 10.6 Å². The molecule has 1 amide bonds. The summed E-state index contributed by atoms with van der Waals surface area (Å²) in [6.45, 7) is 1.12. The standard InChI is InChI=1S/C19H23N3O3S.ClH/c20-18-14-22(13-17(18)15-7-3-1-4-8-15)19(23)11-12-21-26(24,25)16-9-5-2-6-10-16;/h1-10,17-18,21H,11-14,20H2;1H/t17-,18+;/m0./s1. The van der Waals surface area contributed by atoms with Crippen molar-refractivity contribution in [3.8, 4) is 0 Å². The largest absolute Gasteiger partial charge is 0.340 e. The van der Waals surface area contributed by atoms with Gasteiger partial charge in [0.1, 0.15) is 0 Å². The van der Waals surface area contributed by atoms with E-state index in [9.17, 15) is 13.2 Å². The number of nitrogens with zero attached hydrogens (tertiary/aromatic N) is 1. The number of benzene rings is 2. The van der Waals surface area contributed by atoms with Crippen LogP contribution >= 0.6 is 12.4 Å². The van der Waals surface area contributed by atoms with Gasteiger partial charge in [-0.05, 0) is 17.7 Å². The first-order valence-corrected chi connectivity index (χ1v) is 10.1. The van der Waals surface area contributed by atoms with E-state index >= 15 is 0 Å². The van der Waals surface area contributed by atoms with Crippen LogP contribution in [0.15, 0.2) is 65.6 Å². The molecule has 1 saturated heterocycles. The lowest BCUT2D eigenvalue weighted by molar-refractivity contribution is -0.130. The fourth-order valence-electron chi connectivity index (χ4n) is 3.22. The summed E-state index contributed by atoms with van der Waals surface area (Å²) in [5.74, 6) is 0.0239. The molecule has 3 N–H and O–H groups in total. The molecule has 0 unspecified atom stereocenters. The minimum atomic E-state index is -3.59. The molecule has 1 fully saturated rings. The Hall–Kier alpha value is -1.93. The van der Waals surface area contributed by atoms with Crippen LogP contribution in [0.5, 0.6) is 0 Å². The van der Waals surface area contributed by atoms with Crippen LogP contribution in [-0.4, -0.2) is 44.9 Å². The Morgan fingerprint density at radius 1 is 1.04 bits per heavy atom. The molecule has 146 valence electrons. The predicted molar refractivity (Wildman–Crippen MR) is 107 cm³/mol. The van der Waals surface area contributed by atoms with Crippen LogP contribution in [0.1, 0.15) is 17.9 Å². The lowest BCUT2D eigenvalue weighted by Gasteiger charge is -2.16. The third-order valence-electron chi connectivity index (χ3n) is 4.63. The SMILES string of the molecule is Cl.N[C@@H]1CN(C(=O)CCNS(=O)(=O)c2ccccc2)C[C@H]1c1ccccc1. The Kier molecular flexibility index (Phi) is 7.38. The second kappa shape index (κ2) is 9.32. The van der Waals surface area contributed by atoms with Gasteiger partial charge in [-0.2, -0.15) is 0 Å². The van der Waals surface area contributed by atoms with E-state index in [4.69, 9.17) is 5.73 Å². The molecular formula is C19H24ClN3O3S. The maximum absolute atomic E-state index is 12.4. The average molecular weight is 410 g/mol. The fraction of sp³-hybridized carbons (Fsp3) is 0.316. The summed E-state index contributed by atoms with van der Waals surface area (Å²) >= 11 is 0. The maximum Gasteiger partial charge on any atom is 0.240 e. The number of carbonyl (C=O) groups is 1. The molecule has 1 aliphatic heterocycles. The minimum Gasteiger partial charge on any atom is -0.340 e. The van der Waals surface area contributed by atoms with Gasteiger partial charge in [-0.1, -0.05) is 48.5 Å². The Morgan fingerprint density at radius 3 is 2.26 bits per heavy atom. The number of halogens is 1. The van der Waals surface area contributed by atoms with E-state index in [0.29, 0.717) is 13.1 Å². The summed E-state index contributed by atoms with van der Waals surface area (Å²) in [5.41, 5.74) is 7.33. The first-order valence-electron chi connectivity index (χ1n) is 8.60. The molecule has 2 aromatic rings. The van der Waals surface area contributed by atoms with Crippen LogP contribution in [0, 0.1) is 0 Å². The van der Waals surface area contributed by atoms with Crippen LogP contribution in [0.2, 0.25) is 0 Å². The lowest BCUT2D eigenvalue weighted by Crippen LogP contribution is -2.34. The third kappa shape index (κ3) is 5.29. The van der Waals surface area contributed by atoms with Gasteiger partial charge in [-0.15, -0.1) is 12.4 Å². The average Bonchev–Trinajstić information content (AvgIpc) is 3.05. The quantitative estimate of drug-likeness (QED) is 0.759. The highest BCUT2D eigenvalue weighted by atomic mass is 35.5. The predicted octanol–water partition coefficient (Wildman–Crippen LogP) is 1.73. The highest BCUT2D eigenvalue weighted by molar-refractivity contribution is 7.89. The number of amides is 1. The summed E-state index contributed by atoms with van der Waals surface area (Å²) in [5, 5.41) is 0.